The van der Waals surface area contributed by atoms with Gasteiger partial charge < -0.3 is 14.6 Å². The summed E-state index contributed by atoms with van der Waals surface area (Å²) in [6, 6.07) is 7.31. The van der Waals surface area contributed by atoms with Crippen LogP contribution in [-0.4, -0.2) is 34.9 Å². The van der Waals surface area contributed by atoms with Crippen molar-refractivity contribution >= 4 is 29.3 Å². The average Bonchev–Trinajstić information content (AvgIpc) is 2.92. The first-order chi connectivity index (χ1) is 13.6. The van der Waals surface area contributed by atoms with Gasteiger partial charge in [-0.25, -0.2) is 4.79 Å². The lowest BCUT2D eigenvalue weighted by molar-refractivity contribution is -0.145. The Bertz CT molecular complexity index is 900. The summed E-state index contributed by atoms with van der Waals surface area (Å²) in [5, 5.41) is 3.22. The maximum absolute atomic E-state index is 12.6. The van der Waals surface area contributed by atoms with E-state index in [0.717, 1.165) is 11.4 Å². The number of esters is 1. The van der Waals surface area contributed by atoms with Crippen molar-refractivity contribution in [2.24, 2.45) is 13.0 Å². The van der Waals surface area contributed by atoms with E-state index in [2.05, 4.69) is 5.32 Å². The topological polar surface area (TPSA) is 77.4 Å². The number of carbonyl (C=O) groups is 3. The lowest BCUT2D eigenvalue weighted by Gasteiger charge is -2.19. The quantitative estimate of drug-likeness (QED) is 0.521. The standard InChI is InChI=1S/C22H27ClN2O4/c1-13(2)10-19(24-21(27)16-6-8-17(23)9-7-16)22(28)29-12-20(26)18-11-14(3)25(5)15(18)4/h6-9,11,13,19H,10,12H2,1-5H3,(H,24,27)/t19-/m1/s1. The number of carbonyl (C=O) groups excluding carboxylic acids is 3. The minimum Gasteiger partial charge on any atom is -0.456 e. The van der Waals surface area contributed by atoms with Crippen molar-refractivity contribution in [3.05, 3.63) is 57.9 Å². The molecule has 0 spiro atoms. The number of hydrogen-bond acceptors (Lipinski definition) is 4. The first-order valence-electron chi connectivity index (χ1n) is 9.49. The van der Waals surface area contributed by atoms with Gasteiger partial charge in [-0.3, -0.25) is 9.59 Å². The summed E-state index contributed by atoms with van der Waals surface area (Å²) in [4.78, 5) is 37.5. The zero-order chi connectivity index (χ0) is 21.7. The molecule has 29 heavy (non-hydrogen) atoms. The highest BCUT2D eigenvalue weighted by Crippen LogP contribution is 2.15. The molecule has 0 saturated heterocycles. The van der Waals surface area contributed by atoms with Gasteiger partial charge in [-0.15, -0.1) is 0 Å². The van der Waals surface area contributed by atoms with Crippen LogP contribution in [0.5, 0.6) is 0 Å². The number of aryl methyl sites for hydroxylation is 1. The molecule has 0 aliphatic heterocycles. The summed E-state index contributed by atoms with van der Waals surface area (Å²) >= 11 is 5.85. The number of benzene rings is 1. The molecule has 1 N–H and O–H groups in total. The van der Waals surface area contributed by atoms with Crippen molar-refractivity contribution in [2.75, 3.05) is 6.61 Å². The molecule has 0 unspecified atom stereocenters. The monoisotopic (exact) mass is 418 g/mol. The van der Waals surface area contributed by atoms with E-state index in [9.17, 15) is 14.4 Å². The summed E-state index contributed by atoms with van der Waals surface area (Å²) < 4.78 is 7.15. The maximum Gasteiger partial charge on any atom is 0.329 e. The second-order valence-corrected chi connectivity index (χ2v) is 7.97. The van der Waals surface area contributed by atoms with Crippen LogP contribution in [0.15, 0.2) is 30.3 Å². The van der Waals surface area contributed by atoms with Crippen LogP contribution in [0.2, 0.25) is 5.02 Å². The van der Waals surface area contributed by atoms with Crippen molar-refractivity contribution < 1.29 is 19.1 Å². The Morgan fingerprint density at radius 3 is 2.28 bits per heavy atom. The summed E-state index contributed by atoms with van der Waals surface area (Å²) in [6.07, 6.45) is 0.399. The number of rotatable bonds is 8. The molecule has 0 radical (unpaired) electrons. The van der Waals surface area contributed by atoms with E-state index in [1.54, 1.807) is 30.3 Å². The normalized spacial score (nSPS) is 12.0. The van der Waals surface area contributed by atoms with Crippen molar-refractivity contribution in [1.29, 1.82) is 0 Å². The van der Waals surface area contributed by atoms with Gasteiger partial charge in [0.2, 0.25) is 5.78 Å². The molecule has 1 amide bonds. The third-order valence-electron chi connectivity index (χ3n) is 4.82. The number of nitrogens with zero attached hydrogens (tertiary/aromatic N) is 1. The highest BCUT2D eigenvalue weighted by molar-refractivity contribution is 6.30. The Morgan fingerprint density at radius 2 is 1.76 bits per heavy atom. The van der Waals surface area contributed by atoms with Crippen LogP contribution in [0.4, 0.5) is 0 Å². The van der Waals surface area contributed by atoms with Crippen LogP contribution in [0.1, 0.15) is 52.4 Å². The van der Waals surface area contributed by atoms with Crippen LogP contribution in [0.25, 0.3) is 0 Å². The lowest BCUT2D eigenvalue weighted by atomic mass is 10.0. The predicted molar refractivity (Wildman–Crippen MR) is 112 cm³/mol. The molecule has 0 saturated carbocycles. The van der Waals surface area contributed by atoms with Crippen LogP contribution >= 0.6 is 11.6 Å². The Labute approximate surface area is 176 Å². The zero-order valence-electron chi connectivity index (χ0n) is 17.4. The van der Waals surface area contributed by atoms with Gasteiger partial charge >= 0.3 is 5.97 Å². The minimum absolute atomic E-state index is 0.146. The molecule has 0 aliphatic carbocycles. The Kier molecular flexibility index (Phi) is 7.62. The molecule has 1 heterocycles. The fraction of sp³-hybridized carbons (Fsp3) is 0.409. The SMILES string of the molecule is Cc1cc(C(=O)COC(=O)[C@@H](CC(C)C)NC(=O)c2ccc(Cl)cc2)c(C)n1C. The minimum atomic E-state index is -0.843. The second-order valence-electron chi connectivity index (χ2n) is 7.54. The first-order valence-corrected chi connectivity index (χ1v) is 9.87. The third kappa shape index (κ3) is 5.94. The Hall–Kier alpha value is -2.60. The van der Waals surface area contributed by atoms with Crippen molar-refractivity contribution in [3.8, 4) is 0 Å². The van der Waals surface area contributed by atoms with Gasteiger partial charge in [-0.1, -0.05) is 25.4 Å². The first kappa shape index (κ1) is 22.7. The Balaban J connectivity index is 2.04. The highest BCUT2D eigenvalue weighted by atomic mass is 35.5. The number of aromatic nitrogens is 1. The predicted octanol–water partition coefficient (Wildman–Crippen LogP) is 3.87. The molecular weight excluding hydrogens is 392 g/mol. The van der Waals surface area contributed by atoms with E-state index in [4.69, 9.17) is 16.3 Å². The van der Waals surface area contributed by atoms with Crippen LogP contribution in [0, 0.1) is 19.8 Å². The van der Waals surface area contributed by atoms with Crippen LogP contribution in [-0.2, 0) is 16.6 Å². The number of ketones is 1. The summed E-state index contributed by atoms with van der Waals surface area (Å²) in [5.41, 5.74) is 2.69. The molecule has 0 aliphatic rings. The largest absolute Gasteiger partial charge is 0.456 e. The van der Waals surface area contributed by atoms with Gasteiger partial charge in [0, 0.05) is 34.6 Å². The number of ether oxygens (including phenoxy) is 1. The molecule has 0 fully saturated rings. The van der Waals surface area contributed by atoms with E-state index >= 15 is 0 Å². The fourth-order valence-electron chi connectivity index (χ4n) is 2.98. The molecule has 7 heteroatoms. The smallest absolute Gasteiger partial charge is 0.329 e. The fourth-order valence-corrected chi connectivity index (χ4v) is 3.11. The molecule has 6 nitrogen and oxygen atoms in total. The van der Waals surface area contributed by atoms with Crippen molar-refractivity contribution in [3.63, 3.8) is 0 Å². The summed E-state index contributed by atoms with van der Waals surface area (Å²) in [6.45, 7) is 7.26. The molecule has 1 aromatic heterocycles. The molecule has 1 aromatic carbocycles. The number of Topliss-reactive ketones (excluding diaryl/α,β-unsaturated/α-hetero) is 1. The number of amides is 1. The van der Waals surface area contributed by atoms with E-state index in [1.165, 1.54) is 0 Å². The van der Waals surface area contributed by atoms with Gasteiger partial charge in [0.25, 0.3) is 5.91 Å². The van der Waals surface area contributed by atoms with Gasteiger partial charge in [0.05, 0.1) is 0 Å². The van der Waals surface area contributed by atoms with Gasteiger partial charge in [0.15, 0.2) is 6.61 Å². The molecule has 0 bridgehead atoms. The van der Waals surface area contributed by atoms with Crippen LogP contribution in [0.3, 0.4) is 0 Å². The average molecular weight is 419 g/mol. The van der Waals surface area contributed by atoms with E-state index in [-0.39, 0.29) is 18.3 Å². The molecule has 2 rings (SSSR count). The number of nitrogens with one attached hydrogen (secondary N) is 1. The van der Waals surface area contributed by atoms with E-state index < -0.39 is 17.9 Å². The maximum atomic E-state index is 12.6. The van der Waals surface area contributed by atoms with E-state index in [1.807, 2.05) is 39.3 Å². The van der Waals surface area contributed by atoms with Gasteiger partial charge in [-0.2, -0.15) is 0 Å². The van der Waals surface area contributed by atoms with Crippen molar-refractivity contribution in [1.82, 2.24) is 9.88 Å². The summed E-state index contributed by atoms with van der Waals surface area (Å²) in [7, 11) is 1.87. The molecule has 2 aromatic rings. The zero-order valence-corrected chi connectivity index (χ0v) is 18.2. The molecule has 156 valence electrons. The summed E-state index contributed by atoms with van der Waals surface area (Å²) in [5.74, 6) is -1.15. The number of hydrogen-bond donors (Lipinski definition) is 1. The van der Waals surface area contributed by atoms with Crippen LogP contribution < -0.4 is 5.32 Å². The van der Waals surface area contributed by atoms with Gasteiger partial charge in [-0.05, 0) is 56.5 Å². The lowest BCUT2D eigenvalue weighted by Crippen LogP contribution is -2.43. The van der Waals surface area contributed by atoms with Crippen molar-refractivity contribution in [2.45, 2.75) is 40.2 Å². The molecular formula is C22H27ClN2O4. The van der Waals surface area contributed by atoms with E-state index in [0.29, 0.717) is 22.6 Å². The number of halogens is 1. The second kappa shape index (κ2) is 9.74. The highest BCUT2D eigenvalue weighted by Gasteiger charge is 2.25. The third-order valence-corrected chi connectivity index (χ3v) is 5.08. The molecule has 1 atom stereocenters. The Morgan fingerprint density at radius 1 is 1.14 bits per heavy atom. The van der Waals surface area contributed by atoms with Gasteiger partial charge in [0.1, 0.15) is 6.04 Å².